The summed E-state index contributed by atoms with van der Waals surface area (Å²) >= 11 is 0. The van der Waals surface area contributed by atoms with Crippen molar-refractivity contribution in [3.63, 3.8) is 0 Å². The van der Waals surface area contributed by atoms with E-state index in [9.17, 15) is 4.79 Å². The van der Waals surface area contributed by atoms with E-state index in [4.69, 9.17) is 0 Å². The maximum Gasteiger partial charge on any atom is 0.222 e. The standard InChI is InChI=1S/C11H23N3O/c1-10-9-14(8-6-12-10)7-4-5-11(15)13(2)3/h10,12H,4-9H2,1-3H3. The van der Waals surface area contributed by atoms with Crippen molar-refractivity contribution >= 4 is 5.91 Å². The molecule has 4 nitrogen and oxygen atoms in total. The van der Waals surface area contributed by atoms with E-state index in [0.29, 0.717) is 12.5 Å². The molecule has 1 amide bonds. The average Bonchev–Trinajstić information content (AvgIpc) is 2.17. The summed E-state index contributed by atoms with van der Waals surface area (Å²) in [4.78, 5) is 15.4. The fraction of sp³-hybridized carbons (Fsp3) is 0.909. The molecular formula is C11H23N3O. The molecule has 0 radical (unpaired) electrons. The molecule has 0 aliphatic carbocycles. The fourth-order valence-corrected chi connectivity index (χ4v) is 1.89. The van der Waals surface area contributed by atoms with Gasteiger partial charge in [0.1, 0.15) is 0 Å². The molecule has 1 N–H and O–H groups in total. The Hall–Kier alpha value is -0.610. The van der Waals surface area contributed by atoms with Crippen molar-refractivity contribution in [2.45, 2.75) is 25.8 Å². The largest absolute Gasteiger partial charge is 0.349 e. The Morgan fingerprint density at radius 3 is 2.87 bits per heavy atom. The molecule has 0 spiro atoms. The van der Waals surface area contributed by atoms with Crippen molar-refractivity contribution in [1.82, 2.24) is 15.1 Å². The SMILES string of the molecule is CC1CN(CCCC(=O)N(C)C)CCN1. The monoisotopic (exact) mass is 213 g/mol. The first-order valence-electron chi connectivity index (χ1n) is 5.75. The fourth-order valence-electron chi connectivity index (χ4n) is 1.89. The highest BCUT2D eigenvalue weighted by molar-refractivity contribution is 5.75. The van der Waals surface area contributed by atoms with E-state index < -0.39 is 0 Å². The molecule has 1 unspecified atom stereocenters. The molecule has 1 atom stereocenters. The minimum atomic E-state index is 0.234. The van der Waals surface area contributed by atoms with Crippen LogP contribution < -0.4 is 5.32 Å². The Morgan fingerprint density at radius 1 is 1.53 bits per heavy atom. The topological polar surface area (TPSA) is 35.6 Å². The molecule has 88 valence electrons. The first-order chi connectivity index (χ1) is 7.09. The Bertz CT molecular complexity index is 206. The number of piperazine rings is 1. The van der Waals surface area contributed by atoms with Crippen molar-refractivity contribution in [2.24, 2.45) is 0 Å². The molecule has 0 aromatic heterocycles. The summed E-state index contributed by atoms with van der Waals surface area (Å²) in [6.07, 6.45) is 1.65. The first-order valence-corrected chi connectivity index (χ1v) is 5.75. The van der Waals surface area contributed by atoms with E-state index in [0.717, 1.165) is 32.6 Å². The highest BCUT2D eigenvalue weighted by Crippen LogP contribution is 2.02. The van der Waals surface area contributed by atoms with Crippen LogP contribution in [0.3, 0.4) is 0 Å². The van der Waals surface area contributed by atoms with E-state index in [1.807, 2.05) is 14.1 Å². The van der Waals surface area contributed by atoms with Gasteiger partial charge < -0.3 is 15.1 Å². The summed E-state index contributed by atoms with van der Waals surface area (Å²) in [5.74, 6) is 0.234. The molecule has 0 aromatic carbocycles. The van der Waals surface area contributed by atoms with Crippen LogP contribution in [0.25, 0.3) is 0 Å². The normalized spacial score (nSPS) is 22.7. The van der Waals surface area contributed by atoms with Crippen molar-refractivity contribution in [2.75, 3.05) is 40.3 Å². The third kappa shape index (κ3) is 4.62. The van der Waals surface area contributed by atoms with E-state index in [2.05, 4.69) is 17.1 Å². The van der Waals surface area contributed by atoms with Gasteiger partial charge in [0.15, 0.2) is 0 Å². The van der Waals surface area contributed by atoms with E-state index in [1.165, 1.54) is 0 Å². The van der Waals surface area contributed by atoms with Crippen LogP contribution in [0.5, 0.6) is 0 Å². The zero-order chi connectivity index (χ0) is 11.3. The van der Waals surface area contributed by atoms with Crippen LogP contribution in [0.15, 0.2) is 0 Å². The number of amides is 1. The molecule has 0 bridgehead atoms. The van der Waals surface area contributed by atoms with Crippen LogP contribution >= 0.6 is 0 Å². The van der Waals surface area contributed by atoms with Crippen molar-refractivity contribution in [1.29, 1.82) is 0 Å². The second-order valence-corrected chi connectivity index (χ2v) is 4.55. The maximum atomic E-state index is 11.3. The van der Waals surface area contributed by atoms with Gasteiger partial charge in [-0.3, -0.25) is 4.79 Å². The van der Waals surface area contributed by atoms with E-state index in [-0.39, 0.29) is 5.91 Å². The van der Waals surface area contributed by atoms with Crippen LogP contribution in [-0.2, 0) is 4.79 Å². The quantitative estimate of drug-likeness (QED) is 0.722. The first kappa shape index (κ1) is 12.5. The molecule has 1 aliphatic heterocycles. The van der Waals surface area contributed by atoms with Gasteiger partial charge in [-0.25, -0.2) is 0 Å². The summed E-state index contributed by atoms with van der Waals surface area (Å²) < 4.78 is 0. The summed E-state index contributed by atoms with van der Waals surface area (Å²) in [6.45, 7) is 6.54. The lowest BCUT2D eigenvalue weighted by Gasteiger charge is -2.31. The number of hydrogen-bond donors (Lipinski definition) is 1. The van der Waals surface area contributed by atoms with Gasteiger partial charge in [0, 0.05) is 46.2 Å². The highest BCUT2D eigenvalue weighted by atomic mass is 16.2. The van der Waals surface area contributed by atoms with Gasteiger partial charge in [-0.1, -0.05) is 0 Å². The van der Waals surface area contributed by atoms with Crippen LogP contribution in [-0.4, -0.2) is 62.0 Å². The molecule has 15 heavy (non-hydrogen) atoms. The van der Waals surface area contributed by atoms with Crippen LogP contribution in [0.1, 0.15) is 19.8 Å². The second-order valence-electron chi connectivity index (χ2n) is 4.55. The minimum Gasteiger partial charge on any atom is -0.349 e. The Morgan fingerprint density at radius 2 is 2.27 bits per heavy atom. The zero-order valence-corrected chi connectivity index (χ0v) is 10.1. The Kier molecular flexibility index (Phi) is 5.05. The summed E-state index contributed by atoms with van der Waals surface area (Å²) in [7, 11) is 3.63. The maximum absolute atomic E-state index is 11.3. The van der Waals surface area contributed by atoms with Crippen molar-refractivity contribution < 1.29 is 4.79 Å². The lowest BCUT2D eigenvalue weighted by molar-refractivity contribution is -0.128. The van der Waals surface area contributed by atoms with Gasteiger partial charge in [-0.05, 0) is 19.9 Å². The van der Waals surface area contributed by atoms with Gasteiger partial charge in [0.2, 0.25) is 5.91 Å². The third-order valence-electron chi connectivity index (χ3n) is 2.82. The molecule has 1 aliphatic rings. The van der Waals surface area contributed by atoms with Gasteiger partial charge in [-0.15, -0.1) is 0 Å². The van der Waals surface area contributed by atoms with Gasteiger partial charge in [-0.2, -0.15) is 0 Å². The van der Waals surface area contributed by atoms with Gasteiger partial charge in [0.25, 0.3) is 0 Å². The molecule has 4 heteroatoms. The Balaban J connectivity index is 2.11. The number of rotatable bonds is 4. The number of carbonyl (C=O) groups is 1. The van der Waals surface area contributed by atoms with Gasteiger partial charge in [0.05, 0.1) is 0 Å². The lowest BCUT2D eigenvalue weighted by atomic mass is 10.2. The second kappa shape index (κ2) is 6.08. The number of nitrogens with zero attached hydrogens (tertiary/aromatic N) is 2. The van der Waals surface area contributed by atoms with E-state index >= 15 is 0 Å². The summed E-state index contributed by atoms with van der Waals surface area (Å²) in [5, 5.41) is 3.41. The predicted octanol–water partition coefficient (Wildman–Crippen LogP) is 0.149. The minimum absolute atomic E-state index is 0.234. The molecule has 0 aromatic rings. The van der Waals surface area contributed by atoms with Crippen molar-refractivity contribution in [3.8, 4) is 0 Å². The molecule has 1 fully saturated rings. The lowest BCUT2D eigenvalue weighted by Crippen LogP contribution is -2.49. The highest BCUT2D eigenvalue weighted by Gasteiger charge is 2.15. The van der Waals surface area contributed by atoms with Crippen molar-refractivity contribution in [3.05, 3.63) is 0 Å². The molecule has 1 rings (SSSR count). The van der Waals surface area contributed by atoms with Crippen LogP contribution in [0, 0.1) is 0 Å². The van der Waals surface area contributed by atoms with Crippen LogP contribution in [0.4, 0.5) is 0 Å². The zero-order valence-electron chi connectivity index (χ0n) is 10.1. The summed E-state index contributed by atoms with van der Waals surface area (Å²) in [5.41, 5.74) is 0. The van der Waals surface area contributed by atoms with Crippen LogP contribution in [0.2, 0.25) is 0 Å². The Labute approximate surface area is 92.6 Å². The summed E-state index contributed by atoms with van der Waals surface area (Å²) in [6, 6.07) is 0.586. The molecular weight excluding hydrogens is 190 g/mol. The van der Waals surface area contributed by atoms with Gasteiger partial charge >= 0.3 is 0 Å². The average molecular weight is 213 g/mol. The smallest absolute Gasteiger partial charge is 0.222 e. The molecule has 1 saturated heterocycles. The predicted molar refractivity (Wildman–Crippen MR) is 61.8 cm³/mol. The third-order valence-corrected chi connectivity index (χ3v) is 2.82. The van der Waals surface area contributed by atoms with E-state index in [1.54, 1.807) is 4.90 Å². The number of nitrogens with one attached hydrogen (secondary N) is 1. The molecule has 0 saturated carbocycles. The number of hydrogen-bond acceptors (Lipinski definition) is 3. The number of carbonyl (C=O) groups excluding carboxylic acids is 1. The molecule has 1 heterocycles.